The number of imide groups is 1. The summed E-state index contributed by atoms with van der Waals surface area (Å²) in [6.07, 6.45) is 1.49. The fourth-order valence-electron chi connectivity index (χ4n) is 3.60. The molecular weight excluding hydrogens is 635 g/mol. The zero-order valence-electron chi connectivity index (χ0n) is 19.9. The number of nitrogens with zero attached hydrogens (tertiary/aromatic N) is 2. The van der Waals surface area contributed by atoms with Crippen molar-refractivity contribution in [1.29, 1.82) is 0 Å². The fourth-order valence-corrected chi connectivity index (χ4v) is 6.28. The van der Waals surface area contributed by atoms with E-state index in [1.54, 1.807) is 23.1 Å². The number of ether oxygens (including phenoxy) is 2. The summed E-state index contributed by atoms with van der Waals surface area (Å²) in [6.45, 7) is 3.17. The first-order valence-corrected chi connectivity index (χ1v) is 14.4. The largest absolute Gasteiger partial charge is 0.493 e. The lowest BCUT2D eigenvalue weighted by molar-refractivity contribution is -0.139. The predicted molar refractivity (Wildman–Crippen MR) is 145 cm³/mol. The van der Waals surface area contributed by atoms with Crippen LogP contribution in [0.15, 0.2) is 46.2 Å². The van der Waals surface area contributed by atoms with Crippen LogP contribution in [0, 0.1) is 10.5 Å². The van der Waals surface area contributed by atoms with Gasteiger partial charge in [0.2, 0.25) is 5.91 Å². The molecule has 0 radical (unpaired) electrons. The highest BCUT2D eigenvalue weighted by atomic mass is 127. The van der Waals surface area contributed by atoms with Gasteiger partial charge in [-0.25, -0.2) is 0 Å². The van der Waals surface area contributed by atoms with E-state index in [1.165, 1.54) is 31.4 Å². The molecule has 2 aromatic rings. The van der Waals surface area contributed by atoms with E-state index >= 15 is 0 Å². The number of carbonyl (C=O) groups is 3. The van der Waals surface area contributed by atoms with E-state index in [1.807, 2.05) is 29.5 Å². The van der Waals surface area contributed by atoms with Gasteiger partial charge in [-0.05, 0) is 77.2 Å². The quantitative estimate of drug-likeness (QED) is 0.251. The molecule has 196 valence electrons. The van der Waals surface area contributed by atoms with Gasteiger partial charge in [-0.2, -0.15) is 8.42 Å². The van der Waals surface area contributed by atoms with Crippen molar-refractivity contribution in [3.63, 3.8) is 0 Å². The molecule has 2 saturated heterocycles. The predicted octanol–water partition coefficient (Wildman–Crippen LogP) is 3.27. The van der Waals surface area contributed by atoms with E-state index in [4.69, 9.17) is 13.7 Å². The number of amides is 3. The van der Waals surface area contributed by atoms with E-state index in [2.05, 4.69) is 0 Å². The summed E-state index contributed by atoms with van der Waals surface area (Å²) < 4.78 is 42.0. The number of rotatable bonds is 7. The van der Waals surface area contributed by atoms with Gasteiger partial charge in [0.05, 0.1) is 28.8 Å². The first kappa shape index (κ1) is 27.4. The highest BCUT2D eigenvalue weighted by molar-refractivity contribution is 14.1. The molecule has 0 aromatic heterocycles. The van der Waals surface area contributed by atoms with E-state index in [0.29, 0.717) is 35.4 Å². The Morgan fingerprint density at radius 1 is 1.16 bits per heavy atom. The number of morpholine rings is 1. The maximum Gasteiger partial charge on any atom is 0.339 e. The Kier molecular flexibility index (Phi) is 8.46. The second-order valence-corrected chi connectivity index (χ2v) is 11.8. The van der Waals surface area contributed by atoms with Gasteiger partial charge in [0.15, 0.2) is 11.5 Å². The Morgan fingerprint density at radius 3 is 2.49 bits per heavy atom. The molecule has 13 heteroatoms. The number of halogens is 1. The third kappa shape index (κ3) is 6.27. The summed E-state index contributed by atoms with van der Waals surface area (Å²) in [6, 6.07) is 9.37. The Morgan fingerprint density at radius 2 is 1.84 bits per heavy atom. The van der Waals surface area contributed by atoms with E-state index in [0.717, 1.165) is 22.2 Å². The van der Waals surface area contributed by atoms with Crippen molar-refractivity contribution >= 4 is 67.6 Å². The van der Waals surface area contributed by atoms with Crippen molar-refractivity contribution in [3.8, 4) is 11.5 Å². The number of aryl methyl sites for hydroxylation is 1. The van der Waals surface area contributed by atoms with Crippen molar-refractivity contribution in [3.05, 3.63) is 56.0 Å². The first-order valence-electron chi connectivity index (χ1n) is 11.1. The van der Waals surface area contributed by atoms with Crippen molar-refractivity contribution < 1.29 is 36.5 Å². The molecule has 0 N–H and O–H groups in total. The van der Waals surface area contributed by atoms with Gasteiger partial charge < -0.3 is 18.6 Å². The Labute approximate surface area is 232 Å². The fraction of sp³-hybridized carbons (Fsp3) is 0.292. The molecule has 0 bridgehead atoms. The Balaban J connectivity index is 1.54. The molecule has 4 rings (SSSR count). The third-order valence-corrected chi connectivity index (χ3v) is 8.53. The lowest BCUT2D eigenvalue weighted by atomic mass is 10.2. The zero-order chi connectivity index (χ0) is 26.7. The Bertz CT molecular complexity index is 1370. The molecule has 0 unspecified atom stereocenters. The molecule has 0 atom stereocenters. The Hall–Kier alpha value is -2.62. The van der Waals surface area contributed by atoms with Gasteiger partial charge in [0.1, 0.15) is 11.4 Å². The number of carbonyl (C=O) groups excluding carboxylic acids is 3. The minimum absolute atomic E-state index is 0.000306. The van der Waals surface area contributed by atoms with Crippen molar-refractivity contribution in [2.75, 3.05) is 40.0 Å². The maximum atomic E-state index is 12.9. The molecule has 2 aliphatic heterocycles. The van der Waals surface area contributed by atoms with Crippen LogP contribution >= 0.6 is 34.4 Å². The molecule has 37 heavy (non-hydrogen) atoms. The number of hydrogen-bond donors (Lipinski definition) is 0. The normalized spacial score (nSPS) is 17.4. The van der Waals surface area contributed by atoms with Crippen LogP contribution in [-0.4, -0.2) is 75.2 Å². The van der Waals surface area contributed by atoms with Crippen LogP contribution in [0.3, 0.4) is 0 Å². The van der Waals surface area contributed by atoms with E-state index < -0.39 is 21.3 Å². The second-order valence-electron chi connectivity index (χ2n) is 8.15. The number of benzene rings is 2. The first-order chi connectivity index (χ1) is 17.6. The average molecular weight is 658 g/mol. The van der Waals surface area contributed by atoms with Crippen LogP contribution < -0.4 is 8.92 Å². The van der Waals surface area contributed by atoms with Crippen LogP contribution in [0.1, 0.15) is 11.1 Å². The molecule has 0 saturated carbocycles. The highest BCUT2D eigenvalue weighted by Gasteiger charge is 2.37. The molecule has 0 spiro atoms. The zero-order valence-corrected chi connectivity index (χ0v) is 23.7. The number of hydrogen-bond acceptors (Lipinski definition) is 9. The van der Waals surface area contributed by atoms with Crippen LogP contribution in [0.5, 0.6) is 11.5 Å². The second kappa shape index (κ2) is 11.4. The van der Waals surface area contributed by atoms with Gasteiger partial charge in [-0.15, -0.1) is 0 Å². The van der Waals surface area contributed by atoms with Gasteiger partial charge in [0, 0.05) is 13.1 Å². The molecule has 2 heterocycles. The monoisotopic (exact) mass is 658 g/mol. The maximum absolute atomic E-state index is 12.9. The number of methoxy groups -OCH3 is 1. The summed E-state index contributed by atoms with van der Waals surface area (Å²) in [4.78, 5) is 40.5. The number of thioether (sulfide) groups is 1. The molecule has 2 aromatic carbocycles. The standard InChI is InChI=1S/C24H23IN2O8S2/c1-15-3-5-17(6-4-15)37(31,32)35-22-18(25)11-16(12-19(22)33-2)13-20-23(29)27(24(30)36-20)14-21(28)26-7-9-34-10-8-26/h3-6,11-13H,7-10,14H2,1-2H3/b20-13-. The summed E-state index contributed by atoms with van der Waals surface area (Å²) >= 11 is 2.64. The molecule has 0 aliphatic carbocycles. The highest BCUT2D eigenvalue weighted by Crippen LogP contribution is 2.38. The molecule has 2 aliphatic rings. The van der Waals surface area contributed by atoms with Crippen LogP contribution in [0.4, 0.5) is 4.79 Å². The summed E-state index contributed by atoms with van der Waals surface area (Å²) in [7, 11) is -2.75. The third-order valence-electron chi connectivity index (χ3n) is 5.58. The molecular formula is C24H23IN2O8S2. The van der Waals surface area contributed by atoms with Crippen molar-refractivity contribution in [1.82, 2.24) is 9.80 Å². The van der Waals surface area contributed by atoms with Crippen LogP contribution in [0.2, 0.25) is 0 Å². The van der Waals surface area contributed by atoms with Gasteiger partial charge in [0.25, 0.3) is 11.1 Å². The van der Waals surface area contributed by atoms with Gasteiger partial charge >= 0.3 is 10.1 Å². The van der Waals surface area contributed by atoms with Crippen LogP contribution in [0.25, 0.3) is 6.08 Å². The van der Waals surface area contributed by atoms with Crippen molar-refractivity contribution in [2.45, 2.75) is 11.8 Å². The molecule has 10 nitrogen and oxygen atoms in total. The summed E-state index contributed by atoms with van der Waals surface area (Å²) in [5.41, 5.74) is 1.40. The topological polar surface area (TPSA) is 120 Å². The molecule has 2 fully saturated rings. The van der Waals surface area contributed by atoms with Gasteiger partial charge in [-0.1, -0.05) is 17.7 Å². The minimum atomic E-state index is -4.12. The summed E-state index contributed by atoms with van der Waals surface area (Å²) in [5, 5.41) is -0.538. The van der Waals surface area contributed by atoms with Gasteiger partial charge in [-0.3, -0.25) is 19.3 Å². The SMILES string of the molecule is COc1cc(/C=C2\SC(=O)N(CC(=O)N3CCOCC3)C2=O)cc(I)c1OS(=O)(=O)c1ccc(C)cc1. The lowest BCUT2D eigenvalue weighted by Crippen LogP contribution is -2.46. The summed E-state index contributed by atoms with van der Waals surface area (Å²) in [5.74, 6) is -0.757. The van der Waals surface area contributed by atoms with E-state index in [9.17, 15) is 22.8 Å². The van der Waals surface area contributed by atoms with Crippen molar-refractivity contribution in [2.24, 2.45) is 0 Å². The lowest BCUT2D eigenvalue weighted by Gasteiger charge is -2.28. The smallest absolute Gasteiger partial charge is 0.339 e. The molecule has 3 amide bonds. The van der Waals surface area contributed by atoms with Crippen LogP contribution in [-0.2, 0) is 24.4 Å². The van der Waals surface area contributed by atoms with E-state index in [-0.39, 0.29) is 33.8 Å². The average Bonchev–Trinajstić information content (AvgIpc) is 3.13. The minimum Gasteiger partial charge on any atom is -0.493 e.